The fourth-order valence-electron chi connectivity index (χ4n) is 7.72. The highest BCUT2D eigenvalue weighted by atomic mass is 16.5. The number of fused-ring (bicyclic) bond motifs is 6. The van der Waals surface area contributed by atoms with Gasteiger partial charge in [0.2, 0.25) is 0 Å². The molecule has 0 atom stereocenters. The van der Waals surface area contributed by atoms with Crippen LogP contribution in [-0.2, 0) is 6.54 Å². The summed E-state index contributed by atoms with van der Waals surface area (Å²) in [4.78, 5) is 68.9. The molecule has 0 bridgehead atoms. The largest absolute Gasteiger partial charge is 0.497 e. The summed E-state index contributed by atoms with van der Waals surface area (Å²) in [7, 11) is 1.61. The highest BCUT2D eigenvalue weighted by Crippen LogP contribution is 2.42. The standard InChI is InChI=1S/C27H23N7O5.C19H15N7O4/c1-38-18-9-7-17(8-10-18)16-32-13-14-39-23-22(32)25-29-15-20(27(36)37)34(25)31-24(23)30-19-5-4-12-33(26(19)35)21-6-2-3-11-28-21;27-18-11(4-3-8-25(18)13-5-1-2-6-20-13)23-16-15-14(21-7-9-30-15)17-22-10-12(19(28)29)26(17)24-16/h2-12,15H,13-14,16H2,1H3,(H,30,31)(H,36,37);1-6,8,10,21H,7,9H2,(H,23,24)(H,28,29). The van der Waals surface area contributed by atoms with Gasteiger partial charge in [0.05, 0.1) is 26.0 Å². The van der Waals surface area contributed by atoms with Crippen molar-refractivity contribution in [2.24, 2.45) is 0 Å². The molecule has 346 valence electrons. The van der Waals surface area contributed by atoms with Crippen molar-refractivity contribution >= 4 is 57.6 Å². The second-order valence-corrected chi connectivity index (χ2v) is 15.2. The molecule has 10 heterocycles. The molecule has 0 unspecified atom stereocenters. The van der Waals surface area contributed by atoms with Crippen LogP contribution in [0.1, 0.15) is 26.5 Å². The molecule has 2 aliphatic rings. The van der Waals surface area contributed by atoms with Crippen molar-refractivity contribution in [3.63, 3.8) is 0 Å². The maximum Gasteiger partial charge on any atom is 0.356 e. The van der Waals surface area contributed by atoms with Gasteiger partial charge in [0.15, 0.2) is 45.8 Å². The Morgan fingerprint density at radius 1 is 0.696 bits per heavy atom. The zero-order chi connectivity index (χ0) is 47.6. The van der Waals surface area contributed by atoms with Crippen LogP contribution in [0.15, 0.2) is 132 Å². The summed E-state index contributed by atoms with van der Waals surface area (Å²) in [6, 6.07) is 24.8. The Bertz CT molecular complexity index is 3520. The summed E-state index contributed by atoms with van der Waals surface area (Å²) in [5.41, 5.74) is 2.25. The van der Waals surface area contributed by atoms with Crippen molar-refractivity contribution in [1.82, 2.24) is 48.3 Å². The van der Waals surface area contributed by atoms with Gasteiger partial charge in [0.25, 0.3) is 11.1 Å². The molecule has 0 aliphatic carbocycles. The van der Waals surface area contributed by atoms with E-state index in [2.05, 4.69) is 51.0 Å². The van der Waals surface area contributed by atoms with Crippen molar-refractivity contribution < 1.29 is 34.0 Å². The van der Waals surface area contributed by atoms with Gasteiger partial charge in [0, 0.05) is 37.9 Å². The van der Waals surface area contributed by atoms with Gasteiger partial charge in [-0.3, -0.25) is 18.7 Å². The molecule has 9 aromatic rings. The van der Waals surface area contributed by atoms with Gasteiger partial charge in [-0.1, -0.05) is 24.3 Å². The minimum absolute atomic E-state index is 0.109. The van der Waals surface area contributed by atoms with E-state index in [1.54, 1.807) is 92.6 Å². The Balaban J connectivity index is 0.000000166. The first kappa shape index (κ1) is 43.1. The van der Waals surface area contributed by atoms with Gasteiger partial charge in [-0.15, -0.1) is 10.2 Å². The summed E-state index contributed by atoms with van der Waals surface area (Å²) >= 11 is 0. The number of aromatic carboxylic acids is 2. The number of aromatic nitrogens is 10. The number of anilines is 6. The maximum absolute atomic E-state index is 13.3. The molecule has 0 fully saturated rings. The number of hydrogen-bond acceptors (Lipinski definition) is 17. The number of rotatable bonds is 11. The average Bonchev–Trinajstić information content (AvgIpc) is 4.02. The summed E-state index contributed by atoms with van der Waals surface area (Å²) in [6.07, 6.45) is 8.91. The summed E-state index contributed by atoms with van der Waals surface area (Å²) < 4.78 is 22.3. The summed E-state index contributed by atoms with van der Waals surface area (Å²) in [5, 5.41) is 37.3. The maximum atomic E-state index is 13.3. The highest BCUT2D eigenvalue weighted by Gasteiger charge is 2.30. The molecule has 11 rings (SSSR count). The van der Waals surface area contributed by atoms with Gasteiger partial charge >= 0.3 is 11.9 Å². The Morgan fingerprint density at radius 3 is 1.83 bits per heavy atom. The lowest BCUT2D eigenvalue weighted by Gasteiger charge is -2.32. The summed E-state index contributed by atoms with van der Waals surface area (Å²) in [5.74, 6) is 0.443. The van der Waals surface area contributed by atoms with E-state index in [0.29, 0.717) is 78.7 Å². The number of carbonyl (C=O) groups is 2. The fraction of sp³-hybridized carbons (Fsp3) is 0.130. The van der Waals surface area contributed by atoms with E-state index in [1.165, 1.54) is 30.6 Å². The lowest BCUT2D eigenvalue weighted by molar-refractivity contribution is 0.0677. The van der Waals surface area contributed by atoms with Crippen molar-refractivity contribution in [2.45, 2.75) is 6.54 Å². The van der Waals surface area contributed by atoms with Gasteiger partial charge in [-0.05, 0) is 66.2 Å². The van der Waals surface area contributed by atoms with Crippen LogP contribution in [0.25, 0.3) is 22.9 Å². The quantitative estimate of drug-likeness (QED) is 0.118. The van der Waals surface area contributed by atoms with Crippen LogP contribution in [0.2, 0.25) is 0 Å². The predicted molar refractivity (Wildman–Crippen MR) is 250 cm³/mol. The number of ether oxygens (including phenoxy) is 3. The fourth-order valence-corrected chi connectivity index (χ4v) is 7.72. The van der Waals surface area contributed by atoms with Gasteiger partial charge in [0.1, 0.15) is 53.3 Å². The van der Waals surface area contributed by atoms with Crippen molar-refractivity contribution in [3.8, 4) is 28.9 Å². The van der Waals surface area contributed by atoms with Crippen LogP contribution in [0.3, 0.4) is 0 Å². The highest BCUT2D eigenvalue weighted by molar-refractivity contribution is 5.91. The van der Waals surface area contributed by atoms with E-state index in [4.69, 9.17) is 14.2 Å². The smallest absolute Gasteiger partial charge is 0.356 e. The number of carboxylic acid groups (broad SMARTS) is 2. The van der Waals surface area contributed by atoms with Crippen LogP contribution in [0.5, 0.6) is 17.2 Å². The van der Waals surface area contributed by atoms with E-state index in [-0.39, 0.29) is 45.5 Å². The SMILES string of the molecule is COc1ccc(CN2CCOc3c(Nc4cccn(-c5ccccn5)c4=O)nn4c(C(=O)O)cnc4c32)cc1.O=C(O)c1cnc2c3c(c(Nc4cccn(-c5ccccn5)c4=O)nn12)OCCN3. The second-order valence-electron chi connectivity index (χ2n) is 15.2. The van der Waals surface area contributed by atoms with E-state index in [0.717, 1.165) is 11.3 Å². The minimum atomic E-state index is -1.18. The average molecular weight is 931 g/mol. The number of nitrogens with one attached hydrogen (secondary N) is 3. The lowest BCUT2D eigenvalue weighted by Crippen LogP contribution is -2.33. The molecule has 23 heteroatoms. The molecule has 1 aromatic carbocycles. The molecule has 0 radical (unpaired) electrons. The predicted octanol–water partition coefficient (Wildman–Crippen LogP) is 4.65. The zero-order valence-corrected chi connectivity index (χ0v) is 36.3. The van der Waals surface area contributed by atoms with Gasteiger partial charge in [-0.25, -0.2) is 38.6 Å². The monoisotopic (exact) mass is 930 g/mol. The number of hydrogen-bond donors (Lipinski definition) is 5. The number of imidazole rings is 2. The van der Waals surface area contributed by atoms with Crippen LogP contribution >= 0.6 is 0 Å². The number of nitrogens with zero attached hydrogens (tertiary/aromatic N) is 11. The van der Waals surface area contributed by atoms with Crippen molar-refractivity contribution in [1.29, 1.82) is 0 Å². The molecular formula is C46H38N14O9. The second kappa shape index (κ2) is 18.2. The molecule has 0 saturated carbocycles. The topological polar surface area (TPSA) is 272 Å². The Labute approximate surface area is 388 Å². The molecule has 0 amide bonds. The minimum Gasteiger partial charge on any atom is -0.497 e. The molecule has 2 aliphatic heterocycles. The van der Waals surface area contributed by atoms with Crippen LogP contribution in [0.4, 0.5) is 34.4 Å². The third kappa shape index (κ3) is 8.26. The third-order valence-corrected chi connectivity index (χ3v) is 10.9. The van der Waals surface area contributed by atoms with E-state index >= 15 is 0 Å². The molecule has 0 spiro atoms. The first-order valence-corrected chi connectivity index (χ1v) is 21.1. The van der Waals surface area contributed by atoms with Gasteiger partial charge in [-0.2, -0.15) is 0 Å². The molecular weight excluding hydrogens is 893 g/mol. The zero-order valence-electron chi connectivity index (χ0n) is 36.3. The van der Waals surface area contributed by atoms with Crippen molar-refractivity contribution in [3.05, 3.63) is 160 Å². The molecule has 8 aromatic heterocycles. The van der Waals surface area contributed by atoms with Gasteiger partial charge < -0.3 is 45.3 Å². The number of pyridine rings is 4. The number of benzene rings is 1. The Morgan fingerprint density at radius 2 is 1.26 bits per heavy atom. The molecule has 5 N–H and O–H groups in total. The molecule has 0 saturated heterocycles. The first-order chi connectivity index (χ1) is 33.7. The number of methoxy groups -OCH3 is 1. The van der Waals surface area contributed by atoms with Crippen LogP contribution < -0.4 is 46.2 Å². The molecule has 69 heavy (non-hydrogen) atoms. The van der Waals surface area contributed by atoms with Crippen LogP contribution in [-0.4, -0.2) is 104 Å². The van der Waals surface area contributed by atoms with E-state index < -0.39 is 11.9 Å². The first-order valence-electron chi connectivity index (χ1n) is 21.1. The van der Waals surface area contributed by atoms with Crippen molar-refractivity contribution in [2.75, 3.05) is 54.3 Å². The molecule has 23 nitrogen and oxygen atoms in total. The normalized spacial score (nSPS) is 12.6. The third-order valence-electron chi connectivity index (χ3n) is 10.9. The van der Waals surface area contributed by atoms with Crippen LogP contribution in [0, 0.1) is 0 Å². The van der Waals surface area contributed by atoms with E-state index in [9.17, 15) is 29.4 Å². The van der Waals surface area contributed by atoms with E-state index in [1.807, 2.05) is 24.3 Å². The number of carboxylic acids is 2. The Hall–Kier alpha value is -9.80. The summed E-state index contributed by atoms with van der Waals surface area (Å²) in [6.45, 7) is 2.31. The Kier molecular flexibility index (Phi) is 11.4. The lowest BCUT2D eigenvalue weighted by atomic mass is 10.1.